The minimum absolute atomic E-state index is 0.0336. The largest absolute Gasteiger partial charge is 0.484 e. The minimum Gasteiger partial charge on any atom is -0.484 e. The summed E-state index contributed by atoms with van der Waals surface area (Å²) in [6, 6.07) is 26.7. The number of nitrogens with zero attached hydrogens (tertiary/aromatic N) is 1. The van der Waals surface area contributed by atoms with Crippen LogP contribution in [0.1, 0.15) is 58.2 Å². The Bertz CT molecular complexity index is 1140. The highest BCUT2D eigenvalue weighted by molar-refractivity contribution is 5.89. The molecule has 0 aliphatic heterocycles. The second-order valence-corrected chi connectivity index (χ2v) is 11.5. The Balaban J connectivity index is 1.87. The third-order valence-electron chi connectivity index (χ3n) is 6.05. The van der Waals surface area contributed by atoms with Gasteiger partial charge in [-0.05, 0) is 55.0 Å². The third-order valence-corrected chi connectivity index (χ3v) is 6.05. The van der Waals surface area contributed by atoms with Crippen molar-refractivity contribution in [2.75, 3.05) is 6.61 Å². The van der Waals surface area contributed by atoms with Gasteiger partial charge in [-0.15, -0.1) is 0 Å². The van der Waals surface area contributed by atoms with Crippen molar-refractivity contribution in [2.45, 2.75) is 71.5 Å². The summed E-state index contributed by atoms with van der Waals surface area (Å²) in [6.07, 6.45) is 0.404. The number of carbonyl (C=O) groups is 2. The molecule has 0 saturated carbocycles. The van der Waals surface area contributed by atoms with E-state index in [4.69, 9.17) is 4.74 Å². The van der Waals surface area contributed by atoms with Gasteiger partial charge in [0, 0.05) is 18.5 Å². The van der Waals surface area contributed by atoms with Gasteiger partial charge >= 0.3 is 0 Å². The molecule has 0 radical (unpaired) electrons. The zero-order valence-electron chi connectivity index (χ0n) is 23.0. The Morgan fingerprint density at radius 3 is 1.84 bits per heavy atom. The molecule has 5 heteroatoms. The summed E-state index contributed by atoms with van der Waals surface area (Å²) < 4.78 is 5.91. The summed E-state index contributed by atoms with van der Waals surface area (Å²) in [4.78, 5) is 28.9. The average molecular weight is 501 g/mol. The first-order chi connectivity index (χ1) is 17.4. The van der Waals surface area contributed by atoms with Crippen molar-refractivity contribution in [2.24, 2.45) is 0 Å². The molecule has 0 fully saturated rings. The fraction of sp³-hybridized carbons (Fsp3) is 0.375. The summed E-state index contributed by atoms with van der Waals surface area (Å²) in [6.45, 7) is 12.4. The van der Waals surface area contributed by atoms with E-state index in [9.17, 15) is 9.59 Å². The quantitative estimate of drug-likeness (QED) is 0.397. The molecule has 5 nitrogen and oxygen atoms in total. The van der Waals surface area contributed by atoms with Crippen molar-refractivity contribution in [3.8, 4) is 5.75 Å². The number of hydrogen-bond acceptors (Lipinski definition) is 3. The summed E-state index contributed by atoms with van der Waals surface area (Å²) in [5, 5.41) is 3.08. The molecular weight excluding hydrogens is 460 g/mol. The molecule has 0 aromatic heterocycles. The van der Waals surface area contributed by atoms with Gasteiger partial charge in [-0.1, -0.05) is 93.6 Å². The predicted octanol–water partition coefficient (Wildman–Crippen LogP) is 5.92. The number of carbonyl (C=O) groups excluding carboxylic acids is 2. The van der Waals surface area contributed by atoms with Crippen LogP contribution in [0.25, 0.3) is 0 Å². The molecule has 2 amide bonds. The lowest BCUT2D eigenvalue weighted by atomic mass is 9.87. The second kappa shape index (κ2) is 12.1. The lowest BCUT2D eigenvalue weighted by molar-refractivity contribution is -0.143. The van der Waals surface area contributed by atoms with Crippen LogP contribution in [0.4, 0.5) is 0 Å². The van der Waals surface area contributed by atoms with E-state index in [1.54, 1.807) is 4.90 Å². The summed E-state index contributed by atoms with van der Waals surface area (Å²) in [5.41, 5.74) is 2.73. The smallest absolute Gasteiger partial charge is 0.261 e. The molecule has 0 bridgehead atoms. The van der Waals surface area contributed by atoms with Gasteiger partial charge in [0.2, 0.25) is 5.91 Å². The van der Waals surface area contributed by atoms with Crippen molar-refractivity contribution in [1.29, 1.82) is 0 Å². The van der Waals surface area contributed by atoms with Crippen molar-refractivity contribution < 1.29 is 14.3 Å². The van der Waals surface area contributed by atoms with Crippen LogP contribution in [-0.2, 0) is 28.0 Å². The third kappa shape index (κ3) is 8.78. The predicted molar refractivity (Wildman–Crippen MR) is 149 cm³/mol. The minimum atomic E-state index is -0.693. The van der Waals surface area contributed by atoms with Crippen LogP contribution >= 0.6 is 0 Å². The molecule has 0 heterocycles. The monoisotopic (exact) mass is 500 g/mol. The highest BCUT2D eigenvalue weighted by Gasteiger charge is 2.32. The van der Waals surface area contributed by atoms with Crippen LogP contribution in [0.2, 0.25) is 0 Å². The Labute approximate surface area is 221 Å². The lowest BCUT2D eigenvalue weighted by Gasteiger charge is -2.33. The van der Waals surface area contributed by atoms with E-state index < -0.39 is 11.6 Å². The summed E-state index contributed by atoms with van der Waals surface area (Å²) >= 11 is 0. The van der Waals surface area contributed by atoms with Gasteiger partial charge in [0.15, 0.2) is 6.61 Å². The zero-order valence-corrected chi connectivity index (χ0v) is 23.0. The fourth-order valence-corrected chi connectivity index (χ4v) is 4.07. The fourth-order valence-electron chi connectivity index (χ4n) is 4.07. The van der Waals surface area contributed by atoms with Crippen LogP contribution in [0, 0.1) is 0 Å². The van der Waals surface area contributed by atoms with Gasteiger partial charge in [-0.2, -0.15) is 0 Å². The number of nitrogens with one attached hydrogen (secondary N) is 1. The van der Waals surface area contributed by atoms with E-state index in [0.29, 0.717) is 18.7 Å². The van der Waals surface area contributed by atoms with Crippen molar-refractivity contribution in [1.82, 2.24) is 10.2 Å². The Hall–Kier alpha value is -3.60. The number of hydrogen-bond donors (Lipinski definition) is 1. The molecule has 3 rings (SSSR count). The Morgan fingerprint density at radius 1 is 0.784 bits per heavy atom. The van der Waals surface area contributed by atoms with E-state index in [2.05, 4.69) is 26.1 Å². The molecular formula is C32H40N2O3. The number of benzene rings is 3. The first kappa shape index (κ1) is 28.0. The zero-order chi connectivity index (χ0) is 27.1. The topological polar surface area (TPSA) is 58.6 Å². The van der Waals surface area contributed by atoms with Crippen molar-refractivity contribution in [3.63, 3.8) is 0 Å². The molecule has 0 aliphatic rings. The van der Waals surface area contributed by atoms with Gasteiger partial charge < -0.3 is 15.0 Å². The molecule has 1 N–H and O–H groups in total. The van der Waals surface area contributed by atoms with Crippen LogP contribution in [0.3, 0.4) is 0 Å². The molecule has 1 atom stereocenters. The average Bonchev–Trinajstić information content (AvgIpc) is 2.84. The summed E-state index contributed by atoms with van der Waals surface area (Å²) in [7, 11) is 0. The van der Waals surface area contributed by atoms with Gasteiger partial charge in [0.1, 0.15) is 11.8 Å². The molecule has 3 aromatic rings. The molecule has 1 unspecified atom stereocenters. The van der Waals surface area contributed by atoms with E-state index in [-0.39, 0.29) is 23.8 Å². The SMILES string of the molecule is CC(C)(C)NC(=O)C(Cc1ccccc1)N(Cc1ccccc1)C(=O)COc1ccc(C(C)(C)C)cc1. The first-order valence-electron chi connectivity index (χ1n) is 12.8. The van der Waals surface area contributed by atoms with Gasteiger partial charge in [-0.25, -0.2) is 0 Å². The number of ether oxygens (including phenoxy) is 1. The highest BCUT2D eigenvalue weighted by Crippen LogP contribution is 2.24. The molecule has 196 valence electrons. The number of amides is 2. The van der Waals surface area contributed by atoms with Crippen LogP contribution in [0.15, 0.2) is 84.9 Å². The van der Waals surface area contributed by atoms with E-state index in [1.807, 2.05) is 106 Å². The Morgan fingerprint density at radius 2 is 1.32 bits per heavy atom. The first-order valence-corrected chi connectivity index (χ1v) is 12.8. The van der Waals surface area contributed by atoms with Crippen molar-refractivity contribution >= 4 is 11.8 Å². The van der Waals surface area contributed by atoms with Crippen molar-refractivity contribution in [3.05, 3.63) is 102 Å². The molecule has 0 spiro atoms. The van der Waals surface area contributed by atoms with Crippen LogP contribution < -0.4 is 10.1 Å². The van der Waals surface area contributed by atoms with E-state index in [1.165, 1.54) is 5.56 Å². The lowest BCUT2D eigenvalue weighted by Crippen LogP contribution is -2.55. The molecule has 37 heavy (non-hydrogen) atoms. The maximum atomic E-state index is 13.7. The maximum Gasteiger partial charge on any atom is 0.261 e. The molecule has 0 aliphatic carbocycles. The normalized spacial score (nSPS) is 12.5. The van der Waals surface area contributed by atoms with Gasteiger partial charge in [0.25, 0.3) is 5.91 Å². The Kier molecular flexibility index (Phi) is 9.14. The van der Waals surface area contributed by atoms with Gasteiger partial charge in [-0.3, -0.25) is 9.59 Å². The van der Waals surface area contributed by atoms with Crippen LogP contribution in [0.5, 0.6) is 5.75 Å². The van der Waals surface area contributed by atoms with E-state index in [0.717, 1.165) is 11.1 Å². The van der Waals surface area contributed by atoms with E-state index >= 15 is 0 Å². The molecule has 3 aromatic carbocycles. The standard InChI is InChI=1S/C32H40N2O3/c1-31(2,3)26-17-19-27(20-18-26)37-23-29(35)34(22-25-15-11-8-12-16-25)28(30(36)33-32(4,5)6)21-24-13-9-7-10-14-24/h7-20,28H,21-23H2,1-6H3,(H,33,36). The number of rotatable bonds is 9. The molecule has 0 saturated heterocycles. The van der Waals surface area contributed by atoms with Crippen LogP contribution in [-0.4, -0.2) is 34.9 Å². The highest BCUT2D eigenvalue weighted by atomic mass is 16.5. The van der Waals surface area contributed by atoms with Gasteiger partial charge in [0.05, 0.1) is 0 Å². The second-order valence-electron chi connectivity index (χ2n) is 11.5. The summed E-state index contributed by atoms with van der Waals surface area (Å²) in [5.74, 6) is 0.198. The maximum absolute atomic E-state index is 13.7.